The molecule has 4 heteroatoms. The first-order valence-corrected chi connectivity index (χ1v) is 6.73. The first kappa shape index (κ1) is 12.8. The van der Waals surface area contributed by atoms with E-state index < -0.39 is 0 Å². The van der Waals surface area contributed by atoms with Crippen LogP contribution < -0.4 is 5.32 Å². The van der Waals surface area contributed by atoms with Crippen LogP contribution >= 0.6 is 0 Å². The molecular formula is C16H16N2O2. The Kier molecular flexibility index (Phi) is 3.48. The van der Waals surface area contributed by atoms with Crippen LogP contribution in [0.1, 0.15) is 28.8 Å². The summed E-state index contributed by atoms with van der Waals surface area (Å²) in [4.78, 5) is 16.3. The highest BCUT2D eigenvalue weighted by atomic mass is 16.3. The van der Waals surface area contributed by atoms with Crippen molar-refractivity contribution in [1.29, 1.82) is 0 Å². The van der Waals surface area contributed by atoms with Gasteiger partial charge in [0.05, 0.1) is 12.3 Å². The van der Waals surface area contributed by atoms with Gasteiger partial charge in [0, 0.05) is 23.4 Å². The van der Waals surface area contributed by atoms with E-state index in [1.807, 2.05) is 24.3 Å². The third kappa shape index (κ3) is 2.86. The minimum atomic E-state index is -0.0468. The van der Waals surface area contributed by atoms with Gasteiger partial charge in [-0.05, 0) is 36.6 Å². The molecule has 1 aliphatic carbocycles. The Morgan fingerprint density at radius 3 is 2.90 bits per heavy atom. The number of hydrogen-bond donors (Lipinski definition) is 2. The number of pyridine rings is 1. The molecule has 20 heavy (non-hydrogen) atoms. The lowest BCUT2D eigenvalue weighted by atomic mass is 10.1. The molecule has 3 rings (SSSR count). The van der Waals surface area contributed by atoms with E-state index >= 15 is 0 Å². The van der Waals surface area contributed by atoms with Crippen LogP contribution in [0.25, 0.3) is 11.3 Å². The van der Waals surface area contributed by atoms with Gasteiger partial charge < -0.3 is 10.4 Å². The van der Waals surface area contributed by atoms with Crippen LogP contribution in [0.5, 0.6) is 0 Å². The summed E-state index contributed by atoms with van der Waals surface area (Å²) in [5.41, 5.74) is 3.09. The third-order valence-electron chi connectivity index (χ3n) is 3.34. The highest BCUT2D eigenvalue weighted by Gasteiger charge is 2.23. The average molecular weight is 268 g/mol. The maximum absolute atomic E-state index is 12.0. The number of aromatic nitrogens is 1. The standard InChI is InChI=1S/C16H16N2O2/c19-10-11-2-1-3-12(8-11)15-9-13(6-7-17-15)16(20)18-14-4-5-14/h1-3,6-9,14,19H,4-5,10H2,(H,18,20). The Balaban J connectivity index is 1.87. The molecule has 1 saturated carbocycles. The summed E-state index contributed by atoms with van der Waals surface area (Å²) in [6.45, 7) is -0.00427. The zero-order valence-electron chi connectivity index (χ0n) is 11.0. The van der Waals surface area contributed by atoms with Crippen LogP contribution in [0.4, 0.5) is 0 Å². The molecule has 0 unspecified atom stereocenters. The first-order valence-electron chi connectivity index (χ1n) is 6.73. The number of hydrogen-bond acceptors (Lipinski definition) is 3. The topological polar surface area (TPSA) is 62.2 Å². The zero-order valence-corrected chi connectivity index (χ0v) is 11.0. The molecule has 0 radical (unpaired) electrons. The van der Waals surface area contributed by atoms with E-state index in [4.69, 9.17) is 0 Å². The Hall–Kier alpha value is -2.20. The quantitative estimate of drug-likeness (QED) is 0.893. The molecule has 1 heterocycles. The summed E-state index contributed by atoms with van der Waals surface area (Å²) >= 11 is 0. The minimum Gasteiger partial charge on any atom is -0.392 e. The maximum atomic E-state index is 12.0. The molecule has 1 aliphatic rings. The largest absolute Gasteiger partial charge is 0.392 e. The molecule has 0 aliphatic heterocycles. The van der Waals surface area contributed by atoms with Crippen molar-refractivity contribution in [1.82, 2.24) is 10.3 Å². The van der Waals surface area contributed by atoms with Gasteiger partial charge in [0.2, 0.25) is 0 Å². The van der Waals surface area contributed by atoms with Crippen molar-refractivity contribution in [3.8, 4) is 11.3 Å². The fourth-order valence-corrected chi connectivity index (χ4v) is 2.06. The lowest BCUT2D eigenvalue weighted by molar-refractivity contribution is 0.0951. The van der Waals surface area contributed by atoms with E-state index in [0.29, 0.717) is 11.6 Å². The third-order valence-corrected chi connectivity index (χ3v) is 3.34. The Morgan fingerprint density at radius 2 is 2.15 bits per heavy atom. The fourth-order valence-electron chi connectivity index (χ4n) is 2.06. The predicted molar refractivity (Wildman–Crippen MR) is 76.1 cm³/mol. The first-order chi connectivity index (χ1) is 9.76. The number of nitrogens with zero attached hydrogens (tertiary/aromatic N) is 1. The van der Waals surface area contributed by atoms with E-state index in [2.05, 4.69) is 10.3 Å². The number of rotatable bonds is 4. The number of nitrogens with one attached hydrogen (secondary N) is 1. The molecular weight excluding hydrogens is 252 g/mol. The van der Waals surface area contributed by atoms with E-state index in [0.717, 1.165) is 29.7 Å². The van der Waals surface area contributed by atoms with Crippen LogP contribution in [-0.4, -0.2) is 22.0 Å². The van der Waals surface area contributed by atoms with E-state index in [1.54, 1.807) is 18.3 Å². The van der Waals surface area contributed by atoms with Crippen LogP contribution in [0.3, 0.4) is 0 Å². The molecule has 1 fully saturated rings. The number of benzene rings is 1. The maximum Gasteiger partial charge on any atom is 0.251 e. The average Bonchev–Trinajstić information content (AvgIpc) is 3.31. The van der Waals surface area contributed by atoms with Crippen LogP contribution in [0.15, 0.2) is 42.6 Å². The highest BCUT2D eigenvalue weighted by Crippen LogP contribution is 2.21. The summed E-state index contributed by atoms with van der Waals surface area (Å²) in [6, 6.07) is 11.4. The molecule has 0 saturated heterocycles. The lowest BCUT2D eigenvalue weighted by Gasteiger charge is -2.06. The molecule has 0 bridgehead atoms. The van der Waals surface area contributed by atoms with Crippen molar-refractivity contribution in [2.24, 2.45) is 0 Å². The molecule has 102 valence electrons. The molecule has 0 spiro atoms. The second-order valence-electron chi connectivity index (χ2n) is 5.04. The fraction of sp³-hybridized carbons (Fsp3) is 0.250. The molecule has 2 aromatic rings. The molecule has 4 nitrogen and oxygen atoms in total. The van der Waals surface area contributed by atoms with Gasteiger partial charge in [0.15, 0.2) is 0 Å². The van der Waals surface area contributed by atoms with Gasteiger partial charge in [-0.15, -0.1) is 0 Å². The van der Waals surface area contributed by atoms with Crippen LogP contribution in [-0.2, 0) is 6.61 Å². The van der Waals surface area contributed by atoms with Crippen molar-refractivity contribution in [2.75, 3.05) is 0 Å². The second-order valence-corrected chi connectivity index (χ2v) is 5.04. The monoisotopic (exact) mass is 268 g/mol. The highest BCUT2D eigenvalue weighted by molar-refractivity contribution is 5.95. The van der Waals surface area contributed by atoms with Gasteiger partial charge in [-0.3, -0.25) is 9.78 Å². The minimum absolute atomic E-state index is 0.00427. The second kappa shape index (κ2) is 5.43. The number of aliphatic hydroxyl groups is 1. The van der Waals surface area contributed by atoms with Gasteiger partial charge in [-0.2, -0.15) is 0 Å². The Labute approximate surface area is 117 Å². The van der Waals surface area contributed by atoms with Crippen LogP contribution in [0.2, 0.25) is 0 Å². The summed E-state index contributed by atoms with van der Waals surface area (Å²) in [7, 11) is 0. The zero-order chi connectivity index (χ0) is 13.9. The predicted octanol–water partition coefficient (Wildman–Crippen LogP) is 2.13. The van der Waals surface area contributed by atoms with Crippen molar-refractivity contribution in [3.63, 3.8) is 0 Å². The van der Waals surface area contributed by atoms with Crippen molar-refractivity contribution in [2.45, 2.75) is 25.5 Å². The summed E-state index contributed by atoms with van der Waals surface area (Å²) in [5.74, 6) is -0.0468. The van der Waals surface area contributed by atoms with Crippen molar-refractivity contribution in [3.05, 3.63) is 53.7 Å². The van der Waals surface area contributed by atoms with Gasteiger partial charge in [0.1, 0.15) is 0 Å². The molecule has 1 amide bonds. The summed E-state index contributed by atoms with van der Waals surface area (Å²) < 4.78 is 0. The van der Waals surface area contributed by atoms with Gasteiger partial charge in [0.25, 0.3) is 5.91 Å². The number of carbonyl (C=O) groups is 1. The van der Waals surface area contributed by atoms with Gasteiger partial charge >= 0.3 is 0 Å². The number of carbonyl (C=O) groups excluding carboxylic acids is 1. The Bertz CT molecular complexity index is 636. The number of aliphatic hydroxyl groups excluding tert-OH is 1. The van der Waals surface area contributed by atoms with E-state index in [9.17, 15) is 9.90 Å². The van der Waals surface area contributed by atoms with Crippen molar-refractivity contribution < 1.29 is 9.90 Å². The lowest BCUT2D eigenvalue weighted by Crippen LogP contribution is -2.25. The molecule has 1 aromatic heterocycles. The van der Waals surface area contributed by atoms with Crippen molar-refractivity contribution >= 4 is 5.91 Å². The smallest absolute Gasteiger partial charge is 0.251 e. The van der Waals surface area contributed by atoms with Gasteiger partial charge in [-0.1, -0.05) is 18.2 Å². The Morgan fingerprint density at radius 1 is 1.30 bits per heavy atom. The van der Waals surface area contributed by atoms with E-state index in [-0.39, 0.29) is 12.5 Å². The number of amides is 1. The molecule has 2 N–H and O–H groups in total. The molecule has 0 atom stereocenters. The molecule has 1 aromatic carbocycles. The van der Waals surface area contributed by atoms with E-state index in [1.165, 1.54) is 0 Å². The summed E-state index contributed by atoms with van der Waals surface area (Å²) in [6.07, 6.45) is 3.78. The SMILES string of the molecule is O=C(NC1CC1)c1ccnc(-c2cccc(CO)c2)c1. The van der Waals surface area contributed by atoms with Gasteiger partial charge in [-0.25, -0.2) is 0 Å². The van der Waals surface area contributed by atoms with Crippen LogP contribution in [0, 0.1) is 0 Å². The normalized spacial score (nSPS) is 14.1. The summed E-state index contributed by atoms with van der Waals surface area (Å²) in [5, 5.41) is 12.1.